The Kier molecular flexibility index (Phi) is 6.23. The number of pyridine rings is 1. The largest absolute Gasteiger partial charge is 0.352 e. The van der Waals surface area contributed by atoms with Crippen molar-refractivity contribution in [2.75, 3.05) is 26.2 Å². The van der Waals surface area contributed by atoms with E-state index in [1.54, 1.807) is 19.3 Å². The number of carbonyl (C=O) groups is 1. The van der Waals surface area contributed by atoms with Crippen molar-refractivity contribution in [1.82, 2.24) is 14.8 Å². The molecule has 0 radical (unpaired) electrons. The predicted molar refractivity (Wildman–Crippen MR) is 103 cm³/mol. The van der Waals surface area contributed by atoms with Gasteiger partial charge in [0.05, 0.1) is 0 Å². The van der Waals surface area contributed by atoms with Gasteiger partial charge in [-0.15, -0.1) is 0 Å². The third-order valence-corrected chi connectivity index (χ3v) is 5.08. The Balaban J connectivity index is 1.46. The summed E-state index contributed by atoms with van der Waals surface area (Å²) in [6.07, 6.45) is 5.00. The number of piperidine rings is 1. The number of rotatable bonds is 6. The SMILES string of the molecule is Cn1ccc(C(=O)NC[C@@H]2CCCN(CCc3ccccc3)C2)cc1=O. The highest BCUT2D eigenvalue weighted by atomic mass is 16.2. The lowest BCUT2D eigenvalue weighted by molar-refractivity contribution is 0.0932. The van der Waals surface area contributed by atoms with Crippen LogP contribution in [-0.2, 0) is 13.5 Å². The van der Waals surface area contributed by atoms with Gasteiger partial charge in [-0.2, -0.15) is 0 Å². The second-order valence-electron chi connectivity index (χ2n) is 7.12. The number of carbonyl (C=O) groups excluding carboxylic acids is 1. The molecule has 3 rings (SSSR count). The molecule has 1 N–H and O–H groups in total. The number of nitrogens with zero attached hydrogens (tertiary/aromatic N) is 2. The zero-order valence-corrected chi connectivity index (χ0v) is 15.4. The molecule has 1 saturated heterocycles. The Morgan fingerprint density at radius 2 is 2.04 bits per heavy atom. The van der Waals surface area contributed by atoms with Crippen molar-refractivity contribution in [3.63, 3.8) is 0 Å². The van der Waals surface area contributed by atoms with Crippen molar-refractivity contribution in [1.29, 1.82) is 0 Å². The van der Waals surface area contributed by atoms with Crippen molar-refractivity contribution >= 4 is 5.91 Å². The third-order valence-electron chi connectivity index (χ3n) is 5.08. The predicted octanol–water partition coefficient (Wildman–Crippen LogP) is 2.07. The zero-order valence-electron chi connectivity index (χ0n) is 15.4. The van der Waals surface area contributed by atoms with Gasteiger partial charge in [0, 0.05) is 44.5 Å². The fourth-order valence-electron chi connectivity index (χ4n) is 3.48. The van der Waals surface area contributed by atoms with Crippen molar-refractivity contribution in [2.24, 2.45) is 13.0 Å². The summed E-state index contributed by atoms with van der Waals surface area (Å²) in [6.45, 7) is 3.87. The van der Waals surface area contributed by atoms with Crippen LogP contribution in [0.3, 0.4) is 0 Å². The second kappa shape index (κ2) is 8.81. The van der Waals surface area contributed by atoms with Crippen LogP contribution in [0.25, 0.3) is 0 Å². The summed E-state index contributed by atoms with van der Waals surface area (Å²) in [5.74, 6) is 0.305. The summed E-state index contributed by atoms with van der Waals surface area (Å²) in [4.78, 5) is 26.4. The minimum atomic E-state index is -0.164. The van der Waals surface area contributed by atoms with E-state index in [4.69, 9.17) is 0 Å². The normalized spacial score (nSPS) is 17.8. The summed E-state index contributed by atoms with van der Waals surface area (Å²) in [5, 5.41) is 3.00. The Hall–Kier alpha value is -2.40. The number of aromatic nitrogens is 1. The van der Waals surface area contributed by atoms with E-state index in [0.717, 1.165) is 32.5 Å². The summed E-state index contributed by atoms with van der Waals surface area (Å²) < 4.78 is 1.46. The van der Waals surface area contributed by atoms with Crippen LogP contribution in [0.2, 0.25) is 0 Å². The van der Waals surface area contributed by atoms with E-state index in [-0.39, 0.29) is 11.5 Å². The maximum Gasteiger partial charge on any atom is 0.251 e. The lowest BCUT2D eigenvalue weighted by Gasteiger charge is -2.32. The standard InChI is InChI=1S/C21H27N3O2/c1-23-12-10-19(14-20(23)25)21(26)22-15-18-8-5-11-24(16-18)13-9-17-6-3-2-4-7-17/h2-4,6-7,10,12,14,18H,5,8-9,11,13,15-16H2,1H3,(H,22,26)/t18-/m0/s1. The smallest absolute Gasteiger partial charge is 0.251 e. The van der Waals surface area contributed by atoms with Gasteiger partial charge in [-0.05, 0) is 43.4 Å². The molecule has 1 amide bonds. The topological polar surface area (TPSA) is 54.3 Å². The van der Waals surface area contributed by atoms with Gasteiger partial charge in [-0.3, -0.25) is 9.59 Å². The lowest BCUT2D eigenvalue weighted by Crippen LogP contribution is -2.41. The summed E-state index contributed by atoms with van der Waals surface area (Å²) in [6, 6.07) is 13.6. The highest BCUT2D eigenvalue weighted by molar-refractivity contribution is 5.93. The molecule has 5 heteroatoms. The molecular formula is C21H27N3O2. The van der Waals surface area contributed by atoms with Crippen LogP contribution >= 0.6 is 0 Å². The van der Waals surface area contributed by atoms with Crippen molar-refractivity contribution in [2.45, 2.75) is 19.3 Å². The average Bonchev–Trinajstić information content (AvgIpc) is 2.68. The van der Waals surface area contributed by atoms with E-state index in [1.165, 1.54) is 22.6 Å². The summed E-state index contributed by atoms with van der Waals surface area (Å²) >= 11 is 0. The minimum Gasteiger partial charge on any atom is -0.352 e. The first-order valence-corrected chi connectivity index (χ1v) is 9.33. The maximum absolute atomic E-state index is 12.3. The molecular weight excluding hydrogens is 326 g/mol. The third kappa shape index (κ3) is 5.05. The number of hydrogen-bond acceptors (Lipinski definition) is 3. The molecule has 0 bridgehead atoms. The van der Waals surface area contributed by atoms with Crippen molar-refractivity contribution in [3.05, 3.63) is 70.1 Å². The van der Waals surface area contributed by atoms with Gasteiger partial charge in [-0.1, -0.05) is 30.3 Å². The molecule has 1 aromatic carbocycles. The van der Waals surface area contributed by atoms with Gasteiger partial charge in [-0.25, -0.2) is 0 Å². The van der Waals surface area contributed by atoms with E-state index in [1.807, 2.05) is 6.07 Å². The van der Waals surface area contributed by atoms with E-state index < -0.39 is 0 Å². The van der Waals surface area contributed by atoms with Gasteiger partial charge < -0.3 is 14.8 Å². The highest BCUT2D eigenvalue weighted by Gasteiger charge is 2.20. The Bertz CT molecular complexity index is 785. The van der Waals surface area contributed by atoms with Crippen molar-refractivity contribution < 1.29 is 4.79 Å². The Morgan fingerprint density at radius 3 is 2.81 bits per heavy atom. The maximum atomic E-state index is 12.3. The molecule has 0 unspecified atom stereocenters. The first kappa shape index (κ1) is 18.4. The highest BCUT2D eigenvalue weighted by Crippen LogP contribution is 2.16. The van der Waals surface area contributed by atoms with Crippen LogP contribution in [0.5, 0.6) is 0 Å². The molecule has 26 heavy (non-hydrogen) atoms. The first-order chi connectivity index (χ1) is 12.6. The average molecular weight is 353 g/mol. The van der Waals surface area contributed by atoms with Crippen molar-refractivity contribution in [3.8, 4) is 0 Å². The van der Waals surface area contributed by atoms with Crippen LogP contribution in [-0.4, -0.2) is 41.6 Å². The van der Waals surface area contributed by atoms with E-state index in [2.05, 4.69) is 34.5 Å². The van der Waals surface area contributed by atoms with E-state index in [0.29, 0.717) is 18.0 Å². The molecule has 0 aliphatic carbocycles. The first-order valence-electron chi connectivity index (χ1n) is 9.33. The Morgan fingerprint density at radius 1 is 1.23 bits per heavy atom. The fraction of sp³-hybridized carbons (Fsp3) is 0.429. The molecule has 0 spiro atoms. The molecule has 138 valence electrons. The summed E-state index contributed by atoms with van der Waals surface area (Å²) in [5.41, 5.74) is 1.64. The molecule has 5 nitrogen and oxygen atoms in total. The quantitative estimate of drug-likeness (QED) is 0.865. The molecule has 1 atom stereocenters. The van der Waals surface area contributed by atoms with Crippen LogP contribution in [0, 0.1) is 5.92 Å². The fourth-order valence-corrected chi connectivity index (χ4v) is 3.48. The van der Waals surface area contributed by atoms with Gasteiger partial charge in [0.1, 0.15) is 0 Å². The molecule has 1 aliphatic rings. The number of nitrogens with one attached hydrogen (secondary N) is 1. The number of benzene rings is 1. The van der Waals surface area contributed by atoms with E-state index >= 15 is 0 Å². The number of likely N-dealkylation sites (tertiary alicyclic amines) is 1. The number of aryl methyl sites for hydroxylation is 1. The van der Waals surface area contributed by atoms with Gasteiger partial charge in [0.15, 0.2) is 0 Å². The van der Waals surface area contributed by atoms with Crippen LogP contribution < -0.4 is 10.9 Å². The van der Waals surface area contributed by atoms with Crippen LogP contribution in [0.1, 0.15) is 28.8 Å². The minimum absolute atomic E-state index is 0.163. The molecule has 2 aromatic rings. The van der Waals surface area contributed by atoms with Gasteiger partial charge >= 0.3 is 0 Å². The molecule has 0 saturated carbocycles. The van der Waals surface area contributed by atoms with Crippen LogP contribution in [0.4, 0.5) is 0 Å². The number of hydrogen-bond donors (Lipinski definition) is 1. The van der Waals surface area contributed by atoms with Gasteiger partial charge in [0.25, 0.3) is 11.5 Å². The monoisotopic (exact) mass is 353 g/mol. The molecule has 1 fully saturated rings. The van der Waals surface area contributed by atoms with E-state index in [9.17, 15) is 9.59 Å². The van der Waals surface area contributed by atoms with Crippen LogP contribution in [0.15, 0.2) is 53.5 Å². The molecule has 2 heterocycles. The Labute approximate surface area is 154 Å². The van der Waals surface area contributed by atoms with Gasteiger partial charge in [0.2, 0.25) is 0 Å². The molecule has 1 aliphatic heterocycles. The molecule has 1 aromatic heterocycles. The number of amides is 1. The lowest BCUT2D eigenvalue weighted by atomic mass is 9.97. The zero-order chi connectivity index (χ0) is 18.4. The summed E-state index contributed by atoms with van der Waals surface area (Å²) in [7, 11) is 1.68. The second-order valence-corrected chi connectivity index (χ2v) is 7.12.